The minimum absolute atomic E-state index is 0.149. The van der Waals surface area contributed by atoms with Crippen LogP contribution in [-0.4, -0.2) is 32.7 Å². The van der Waals surface area contributed by atoms with Crippen molar-refractivity contribution >= 4 is 29.4 Å². The second kappa shape index (κ2) is 8.02. The molecule has 0 aliphatic rings. The zero-order valence-corrected chi connectivity index (χ0v) is 17.4. The summed E-state index contributed by atoms with van der Waals surface area (Å²) < 4.78 is 25.1. The second-order valence-electron chi connectivity index (χ2n) is 6.58. The van der Waals surface area contributed by atoms with Gasteiger partial charge in [0.25, 0.3) is 0 Å². The minimum Gasteiger partial charge on any atom is -0.345 e. The molecular formula is C20H21N4O5P. The highest BCUT2D eigenvalue weighted by molar-refractivity contribution is 7.52. The number of aromatic nitrogens is 4. The summed E-state index contributed by atoms with van der Waals surface area (Å²) in [7, 11) is -3.64. The lowest BCUT2D eigenvalue weighted by Gasteiger charge is -2.20. The zero-order chi connectivity index (χ0) is 21.3. The predicted octanol–water partition coefficient (Wildman–Crippen LogP) is 3.46. The van der Waals surface area contributed by atoms with Crippen molar-refractivity contribution in [1.29, 1.82) is 0 Å². The van der Waals surface area contributed by atoms with Gasteiger partial charge < -0.3 is 19.0 Å². The summed E-state index contributed by atoms with van der Waals surface area (Å²) in [5.41, 5.74) is -0.00288. The lowest BCUT2D eigenvalue weighted by Crippen LogP contribution is -2.36. The molecule has 0 aliphatic heterocycles. The van der Waals surface area contributed by atoms with E-state index in [1.54, 1.807) is 32.3 Å². The topological polar surface area (TPSA) is 119 Å². The number of aromatic amines is 2. The van der Waals surface area contributed by atoms with Gasteiger partial charge in [-0.2, -0.15) is 0 Å². The van der Waals surface area contributed by atoms with Crippen molar-refractivity contribution in [1.82, 2.24) is 19.5 Å². The van der Waals surface area contributed by atoms with Crippen LogP contribution in [0, 0.1) is 0 Å². The van der Waals surface area contributed by atoms with Gasteiger partial charge in [0, 0.05) is 23.3 Å². The van der Waals surface area contributed by atoms with Gasteiger partial charge in [-0.05, 0) is 25.3 Å². The smallest absolute Gasteiger partial charge is 0.345 e. The summed E-state index contributed by atoms with van der Waals surface area (Å²) in [5.74, 6) is 0.626. The van der Waals surface area contributed by atoms with E-state index in [9.17, 15) is 14.2 Å². The molecule has 10 heteroatoms. The Morgan fingerprint density at radius 3 is 2.43 bits per heavy atom. The number of fused-ring (bicyclic) bond motifs is 3. The lowest BCUT2D eigenvalue weighted by molar-refractivity contribution is 0.214. The normalized spacial score (nSPS) is 12.1. The van der Waals surface area contributed by atoms with Gasteiger partial charge in [0.05, 0.1) is 24.2 Å². The maximum Gasteiger partial charge on any atom is 0.350 e. The number of nitrogens with zero attached hydrogens (tertiary/aromatic N) is 2. The number of H-pyrrole nitrogens is 2. The largest absolute Gasteiger partial charge is 0.350 e. The first kappa shape index (κ1) is 20.3. The summed E-state index contributed by atoms with van der Waals surface area (Å²) in [4.78, 5) is 35.2. The number of rotatable bonds is 7. The molecule has 4 aromatic rings. The number of hydrogen-bond donors (Lipinski definition) is 2. The molecule has 0 saturated carbocycles. The van der Waals surface area contributed by atoms with Gasteiger partial charge in [-0.1, -0.05) is 24.3 Å². The van der Waals surface area contributed by atoms with Crippen molar-refractivity contribution < 1.29 is 13.6 Å². The van der Waals surface area contributed by atoms with Crippen LogP contribution in [0.15, 0.2) is 52.3 Å². The highest BCUT2D eigenvalue weighted by Crippen LogP contribution is 2.50. The number of nitrogens with one attached hydrogen (secondary N) is 2. The lowest BCUT2D eigenvalue weighted by atomic mass is 10.0. The molecule has 0 amide bonds. The van der Waals surface area contributed by atoms with Crippen LogP contribution in [0.3, 0.4) is 0 Å². The van der Waals surface area contributed by atoms with Crippen LogP contribution in [-0.2, 0) is 19.9 Å². The summed E-state index contributed by atoms with van der Waals surface area (Å²) in [6, 6.07) is 9.19. The number of hydrogen-bond acceptors (Lipinski definition) is 6. The van der Waals surface area contributed by atoms with Crippen molar-refractivity contribution in [2.24, 2.45) is 0 Å². The van der Waals surface area contributed by atoms with Crippen LogP contribution in [0.2, 0.25) is 0 Å². The van der Waals surface area contributed by atoms with E-state index in [-0.39, 0.29) is 19.5 Å². The molecule has 156 valence electrons. The number of imidazole rings is 1. The Kier molecular flexibility index (Phi) is 5.42. The molecule has 2 aromatic carbocycles. The first-order chi connectivity index (χ1) is 14.5. The molecule has 0 radical (unpaired) electrons. The quantitative estimate of drug-likeness (QED) is 0.264. The van der Waals surface area contributed by atoms with Crippen LogP contribution >= 0.6 is 7.60 Å². The summed E-state index contributed by atoms with van der Waals surface area (Å²) in [5, 5.41) is 1.53. The molecule has 0 fully saturated rings. The molecule has 0 bridgehead atoms. The first-order valence-corrected chi connectivity index (χ1v) is 11.3. The van der Waals surface area contributed by atoms with Crippen molar-refractivity contribution in [3.05, 3.63) is 63.4 Å². The molecule has 2 heterocycles. The molecular weight excluding hydrogens is 407 g/mol. The molecule has 9 nitrogen and oxygen atoms in total. The Labute approximate surface area is 171 Å². The van der Waals surface area contributed by atoms with Gasteiger partial charge >= 0.3 is 18.7 Å². The van der Waals surface area contributed by atoms with Crippen LogP contribution in [0.5, 0.6) is 0 Å². The molecule has 0 spiro atoms. The van der Waals surface area contributed by atoms with E-state index in [2.05, 4.69) is 15.0 Å². The molecule has 2 N–H and O–H groups in total. The Hall–Kier alpha value is -3.00. The van der Waals surface area contributed by atoms with Gasteiger partial charge in [0.15, 0.2) is 0 Å². The maximum atomic E-state index is 13.1. The van der Waals surface area contributed by atoms with E-state index in [4.69, 9.17) is 9.05 Å². The molecule has 2 aromatic heterocycles. The monoisotopic (exact) mass is 428 g/mol. The molecule has 0 unspecified atom stereocenters. The van der Waals surface area contributed by atoms with Crippen molar-refractivity contribution in [3.63, 3.8) is 0 Å². The van der Waals surface area contributed by atoms with Gasteiger partial charge in [-0.3, -0.25) is 18.7 Å². The fourth-order valence-corrected chi connectivity index (χ4v) is 5.22. The standard InChI is InChI=1S/C20H21N4O5P/c1-3-28-30(27,29-4-2)12-24-17-14-8-6-5-7-13(14)15(18-21-9-10-22-18)11-16(17)23-19(25)20(24)26/h5-11H,3-4,12H2,1-2H3,(H,21,22)(H,23,25). The Bertz CT molecular complexity index is 1360. The SMILES string of the molecule is CCOP(=O)(Cn1c(=O)c(=O)[nH]c2cc(-c3ncc[nH]3)c3ccccc3c21)OCC. The third-order valence-electron chi connectivity index (χ3n) is 4.69. The minimum atomic E-state index is -3.64. The van der Waals surface area contributed by atoms with E-state index in [0.717, 1.165) is 10.9 Å². The van der Waals surface area contributed by atoms with Gasteiger partial charge in [0.2, 0.25) is 0 Å². The third kappa shape index (κ3) is 3.52. The van der Waals surface area contributed by atoms with Crippen LogP contribution in [0.1, 0.15) is 13.8 Å². The van der Waals surface area contributed by atoms with E-state index < -0.39 is 18.7 Å². The Morgan fingerprint density at radius 1 is 1.10 bits per heavy atom. The fraction of sp³-hybridized carbons (Fsp3) is 0.250. The average Bonchev–Trinajstić information content (AvgIpc) is 3.25. The highest BCUT2D eigenvalue weighted by atomic mass is 31.2. The van der Waals surface area contributed by atoms with E-state index in [1.807, 2.05) is 24.3 Å². The highest BCUT2D eigenvalue weighted by Gasteiger charge is 2.27. The summed E-state index contributed by atoms with van der Waals surface area (Å²) in [6.07, 6.45) is 2.98. The van der Waals surface area contributed by atoms with Gasteiger partial charge in [-0.15, -0.1) is 0 Å². The van der Waals surface area contributed by atoms with E-state index in [0.29, 0.717) is 22.2 Å². The van der Waals surface area contributed by atoms with Crippen LogP contribution in [0.4, 0.5) is 0 Å². The number of benzene rings is 2. The first-order valence-electron chi connectivity index (χ1n) is 9.54. The average molecular weight is 428 g/mol. The van der Waals surface area contributed by atoms with E-state index in [1.165, 1.54) is 4.57 Å². The maximum absolute atomic E-state index is 13.1. The molecule has 0 aliphatic carbocycles. The van der Waals surface area contributed by atoms with Crippen LogP contribution < -0.4 is 11.1 Å². The van der Waals surface area contributed by atoms with Crippen molar-refractivity contribution in [2.45, 2.75) is 20.1 Å². The molecule has 0 atom stereocenters. The fourth-order valence-electron chi connectivity index (χ4n) is 3.57. The Morgan fingerprint density at radius 2 is 1.80 bits per heavy atom. The van der Waals surface area contributed by atoms with Crippen molar-refractivity contribution in [2.75, 3.05) is 13.2 Å². The van der Waals surface area contributed by atoms with Crippen LogP contribution in [0.25, 0.3) is 33.2 Å². The third-order valence-corrected chi connectivity index (χ3v) is 6.63. The molecule has 30 heavy (non-hydrogen) atoms. The van der Waals surface area contributed by atoms with Gasteiger partial charge in [-0.25, -0.2) is 4.98 Å². The van der Waals surface area contributed by atoms with E-state index >= 15 is 0 Å². The second-order valence-corrected chi connectivity index (χ2v) is 8.60. The predicted molar refractivity (Wildman–Crippen MR) is 115 cm³/mol. The summed E-state index contributed by atoms with van der Waals surface area (Å²) >= 11 is 0. The Balaban J connectivity index is 2.08. The van der Waals surface area contributed by atoms with Gasteiger partial charge in [0.1, 0.15) is 12.1 Å². The molecule has 4 rings (SSSR count). The van der Waals surface area contributed by atoms with Crippen molar-refractivity contribution in [3.8, 4) is 11.4 Å². The summed E-state index contributed by atoms with van der Waals surface area (Å²) in [6.45, 7) is 3.68. The zero-order valence-electron chi connectivity index (χ0n) is 16.5. The molecule has 0 saturated heterocycles.